The van der Waals surface area contributed by atoms with Crippen LogP contribution in [0.2, 0.25) is 0 Å². The van der Waals surface area contributed by atoms with Crippen LogP contribution < -0.4 is 5.73 Å². The second-order valence-electron chi connectivity index (χ2n) is 4.32. The van der Waals surface area contributed by atoms with Gasteiger partial charge in [0.25, 0.3) is 5.91 Å². The summed E-state index contributed by atoms with van der Waals surface area (Å²) in [4.78, 5) is 14.4. The summed E-state index contributed by atoms with van der Waals surface area (Å²) in [5, 5.41) is 0. The third-order valence-electron chi connectivity index (χ3n) is 3.04. The lowest BCUT2D eigenvalue weighted by atomic mass is 10.0. The van der Waals surface area contributed by atoms with Crippen molar-refractivity contribution >= 4 is 23.1 Å². The lowest BCUT2D eigenvalue weighted by molar-refractivity contribution is 0.0647. The highest BCUT2D eigenvalue weighted by molar-refractivity contribution is 7.80. The number of carbonyl (C=O) groups excluding carboxylic acids is 1. The number of furan rings is 1. The fourth-order valence-electron chi connectivity index (χ4n) is 2.16. The van der Waals surface area contributed by atoms with Crippen LogP contribution in [0.3, 0.4) is 0 Å². The van der Waals surface area contributed by atoms with Crippen molar-refractivity contribution in [2.75, 3.05) is 6.54 Å². The van der Waals surface area contributed by atoms with E-state index in [0.29, 0.717) is 17.3 Å². The molecule has 2 N–H and O–H groups in total. The van der Waals surface area contributed by atoms with E-state index >= 15 is 0 Å². The summed E-state index contributed by atoms with van der Waals surface area (Å²) in [7, 11) is 0. The Hall–Kier alpha value is -1.36. The number of nitrogens with two attached hydrogens (primary N) is 1. The molecule has 0 bridgehead atoms. The zero-order valence-corrected chi connectivity index (χ0v) is 10.6. The number of hydrogen-bond acceptors (Lipinski definition) is 3. The highest BCUT2D eigenvalue weighted by atomic mass is 32.1. The quantitative estimate of drug-likeness (QED) is 0.816. The molecular formula is C12H16N2O2S. The molecular weight excluding hydrogens is 236 g/mol. The molecule has 0 spiro atoms. The molecule has 5 heteroatoms. The van der Waals surface area contributed by atoms with Crippen LogP contribution in [0.1, 0.15) is 35.6 Å². The molecule has 1 aliphatic heterocycles. The minimum atomic E-state index is -0.128. The lowest BCUT2D eigenvalue weighted by Crippen LogP contribution is -2.49. The SMILES string of the molecule is Cc1ccc(C(=O)N2CCCCC2C(N)=S)o1. The number of piperidine rings is 1. The number of carbonyl (C=O) groups is 1. The van der Waals surface area contributed by atoms with Gasteiger partial charge in [-0.1, -0.05) is 12.2 Å². The van der Waals surface area contributed by atoms with Gasteiger partial charge in [-0.05, 0) is 38.3 Å². The number of aryl methyl sites for hydroxylation is 1. The number of nitrogens with zero attached hydrogens (tertiary/aromatic N) is 1. The van der Waals surface area contributed by atoms with E-state index in [1.165, 1.54) is 0 Å². The summed E-state index contributed by atoms with van der Waals surface area (Å²) in [6.07, 6.45) is 2.90. The van der Waals surface area contributed by atoms with Crippen molar-refractivity contribution in [1.29, 1.82) is 0 Å². The fourth-order valence-corrected chi connectivity index (χ4v) is 2.41. The third kappa shape index (κ3) is 2.49. The van der Waals surface area contributed by atoms with Gasteiger partial charge in [0.2, 0.25) is 0 Å². The highest BCUT2D eigenvalue weighted by Crippen LogP contribution is 2.20. The van der Waals surface area contributed by atoms with Crippen LogP contribution in [0.4, 0.5) is 0 Å². The summed E-state index contributed by atoms with van der Waals surface area (Å²) in [5.41, 5.74) is 5.69. The molecule has 0 radical (unpaired) electrons. The summed E-state index contributed by atoms with van der Waals surface area (Å²) in [6, 6.07) is 3.35. The van der Waals surface area contributed by atoms with E-state index in [0.717, 1.165) is 25.0 Å². The van der Waals surface area contributed by atoms with Crippen LogP contribution in [-0.2, 0) is 0 Å². The fraction of sp³-hybridized carbons (Fsp3) is 0.500. The van der Waals surface area contributed by atoms with Gasteiger partial charge in [-0.15, -0.1) is 0 Å². The van der Waals surface area contributed by atoms with Gasteiger partial charge in [0.1, 0.15) is 5.76 Å². The predicted molar refractivity (Wildman–Crippen MR) is 68.9 cm³/mol. The molecule has 92 valence electrons. The Morgan fingerprint density at radius 1 is 1.53 bits per heavy atom. The van der Waals surface area contributed by atoms with E-state index in [-0.39, 0.29) is 11.9 Å². The molecule has 1 amide bonds. The van der Waals surface area contributed by atoms with Gasteiger partial charge < -0.3 is 15.1 Å². The standard InChI is InChI=1S/C12H16N2O2S/c1-8-5-6-10(16-8)12(15)14-7-3-2-4-9(14)11(13)17/h5-6,9H,2-4,7H2,1H3,(H2,13,17). The molecule has 1 fully saturated rings. The van der Waals surface area contributed by atoms with Crippen molar-refractivity contribution in [3.05, 3.63) is 23.7 Å². The Balaban J connectivity index is 2.19. The molecule has 1 atom stereocenters. The van der Waals surface area contributed by atoms with Crippen LogP contribution in [0.5, 0.6) is 0 Å². The minimum Gasteiger partial charge on any atom is -0.456 e. The molecule has 0 aromatic carbocycles. The van der Waals surface area contributed by atoms with Gasteiger partial charge in [-0.3, -0.25) is 4.79 Å². The number of thiocarbonyl (C=S) groups is 1. The second kappa shape index (κ2) is 4.87. The first-order valence-corrected chi connectivity index (χ1v) is 6.17. The maximum atomic E-state index is 12.2. The molecule has 2 heterocycles. The first-order chi connectivity index (χ1) is 8.09. The largest absolute Gasteiger partial charge is 0.456 e. The van der Waals surface area contributed by atoms with Crippen LogP contribution in [-0.4, -0.2) is 28.4 Å². The number of hydrogen-bond donors (Lipinski definition) is 1. The Kier molecular flexibility index (Phi) is 3.47. The van der Waals surface area contributed by atoms with E-state index in [1.807, 2.05) is 6.92 Å². The van der Waals surface area contributed by atoms with E-state index < -0.39 is 0 Å². The molecule has 17 heavy (non-hydrogen) atoms. The van der Waals surface area contributed by atoms with E-state index in [4.69, 9.17) is 22.4 Å². The molecule has 0 aliphatic carbocycles. The lowest BCUT2D eigenvalue weighted by Gasteiger charge is -2.34. The first kappa shape index (κ1) is 12.1. The third-order valence-corrected chi connectivity index (χ3v) is 3.32. The molecule has 0 saturated carbocycles. The van der Waals surface area contributed by atoms with E-state index in [9.17, 15) is 4.79 Å². The molecule has 1 unspecified atom stereocenters. The van der Waals surface area contributed by atoms with E-state index in [2.05, 4.69) is 0 Å². The van der Waals surface area contributed by atoms with Crippen LogP contribution >= 0.6 is 12.2 Å². The smallest absolute Gasteiger partial charge is 0.290 e. The van der Waals surface area contributed by atoms with Crippen molar-refractivity contribution in [2.45, 2.75) is 32.2 Å². The van der Waals surface area contributed by atoms with Gasteiger partial charge in [0.05, 0.1) is 11.0 Å². The van der Waals surface area contributed by atoms with Crippen molar-refractivity contribution < 1.29 is 9.21 Å². The summed E-state index contributed by atoms with van der Waals surface area (Å²) in [5.74, 6) is 0.985. The van der Waals surface area contributed by atoms with Crippen LogP contribution in [0.25, 0.3) is 0 Å². The van der Waals surface area contributed by atoms with Gasteiger partial charge in [0.15, 0.2) is 5.76 Å². The topological polar surface area (TPSA) is 59.5 Å². The molecule has 1 aromatic heterocycles. The number of amides is 1. The second-order valence-corrected chi connectivity index (χ2v) is 4.79. The monoisotopic (exact) mass is 252 g/mol. The van der Waals surface area contributed by atoms with Gasteiger partial charge in [-0.25, -0.2) is 0 Å². The molecule has 1 aliphatic rings. The normalized spacial score (nSPS) is 20.3. The molecule has 1 aromatic rings. The maximum absolute atomic E-state index is 12.2. The Bertz CT molecular complexity index is 441. The van der Waals surface area contributed by atoms with Crippen molar-refractivity contribution in [1.82, 2.24) is 4.90 Å². The maximum Gasteiger partial charge on any atom is 0.290 e. The highest BCUT2D eigenvalue weighted by Gasteiger charge is 2.30. The van der Waals surface area contributed by atoms with Gasteiger partial charge in [0, 0.05) is 6.54 Å². The van der Waals surface area contributed by atoms with Crippen LogP contribution in [0, 0.1) is 6.92 Å². The minimum absolute atomic E-state index is 0.115. The Morgan fingerprint density at radius 2 is 2.29 bits per heavy atom. The van der Waals surface area contributed by atoms with Gasteiger partial charge in [-0.2, -0.15) is 0 Å². The zero-order chi connectivity index (χ0) is 12.4. The Morgan fingerprint density at radius 3 is 2.88 bits per heavy atom. The zero-order valence-electron chi connectivity index (χ0n) is 9.81. The first-order valence-electron chi connectivity index (χ1n) is 5.76. The summed E-state index contributed by atoms with van der Waals surface area (Å²) in [6.45, 7) is 2.51. The van der Waals surface area contributed by atoms with Crippen molar-refractivity contribution in [3.63, 3.8) is 0 Å². The van der Waals surface area contributed by atoms with Crippen molar-refractivity contribution in [2.24, 2.45) is 5.73 Å². The van der Waals surface area contributed by atoms with Crippen LogP contribution in [0.15, 0.2) is 16.5 Å². The molecule has 2 rings (SSSR count). The summed E-state index contributed by atoms with van der Waals surface area (Å²) < 4.78 is 5.35. The average molecular weight is 252 g/mol. The molecule has 4 nitrogen and oxygen atoms in total. The average Bonchev–Trinajstić information content (AvgIpc) is 2.75. The molecule has 1 saturated heterocycles. The predicted octanol–water partition coefficient (Wildman–Crippen LogP) is 1.87. The van der Waals surface area contributed by atoms with E-state index in [1.54, 1.807) is 17.0 Å². The Labute approximate surface area is 106 Å². The van der Waals surface area contributed by atoms with Gasteiger partial charge >= 0.3 is 0 Å². The van der Waals surface area contributed by atoms with Crippen molar-refractivity contribution in [3.8, 4) is 0 Å². The number of rotatable bonds is 2. The number of likely N-dealkylation sites (tertiary alicyclic amines) is 1. The summed E-state index contributed by atoms with van der Waals surface area (Å²) >= 11 is 5.02.